The highest BCUT2D eigenvalue weighted by atomic mass is 32.1. The van der Waals surface area contributed by atoms with Gasteiger partial charge in [0.15, 0.2) is 5.13 Å². The normalized spacial score (nSPS) is 26.3. The number of carboxylic acids is 1. The Morgan fingerprint density at radius 1 is 1.15 bits per heavy atom. The fourth-order valence-electron chi connectivity index (χ4n) is 4.90. The van der Waals surface area contributed by atoms with Crippen molar-refractivity contribution in [3.63, 3.8) is 0 Å². The molecule has 4 atom stereocenters. The minimum atomic E-state index is -0.839. The highest BCUT2D eigenvalue weighted by Gasteiger charge is 2.54. The summed E-state index contributed by atoms with van der Waals surface area (Å²) in [7, 11) is 0. The molecule has 1 amide bonds. The third-order valence-electron chi connectivity index (χ3n) is 6.18. The summed E-state index contributed by atoms with van der Waals surface area (Å²) in [4.78, 5) is 30.3. The van der Waals surface area contributed by atoms with E-state index in [1.54, 1.807) is 0 Å². The number of hydrogen-bond donors (Lipinski definition) is 2. The van der Waals surface area contributed by atoms with E-state index in [4.69, 9.17) is 0 Å². The molecule has 1 heterocycles. The van der Waals surface area contributed by atoms with Gasteiger partial charge in [0, 0.05) is 10.4 Å². The smallest absolute Gasteiger partial charge is 0.307 e. The molecule has 2 fully saturated rings. The van der Waals surface area contributed by atoms with E-state index >= 15 is 0 Å². The van der Waals surface area contributed by atoms with Gasteiger partial charge in [0.1, 0.15) is 0 Å². The zero-order valence-electron chi connectivity index (χ0n) is 15.8. The number of carbonyl (C=O) groups excluding carboxylic acids is 1. The summed E-state index contributed by atoms with van der Waals surface area (Å²) >= 11 is 1.45. The van der Waals surface area contributed by atoms with Gasteiger partial charge in [-0.2, -0.15) is 0 Å². The molecule has 4 rings (SSSR count). The van der Waals surface area contributed by atoms with Crippen LogP contribution in [0.4, 0.5) is 5.13 Å². The van der Waals surface area contributed by atoms with Crippen molar-refractivity contribution in [3.8, 4) is 11.3 Å². The predicted octanol–water partition coefficient (Wildman–Crippen LogP) is 4.42. The van der Waals surface area contributed by atoms with E-state index in [9.17, 15) is 14.7 Å². The molecule has 0 aliphatic heterocycles. The van der Waals surface area contributed by atoms with E-state index in [2.05, 4.69) is 42.3 Å². The number of carbonyl (C=O) groups is 2. The van der Waals surface area contributed by atoms with Crippen LogP contribution < -0.4 is 5.32 Å². The summed E-state index contributed by atoms with van der Waals surface area (Å²) in [6.07, 6.45) is 2.75. The Morgan fingerprint density at radius 3 is 2.56 bits per heavy atom. The summed E-state index contributed by atoms with van der Waals surface area (Å²) in [5, 5.41) is 13.1. The molecular formula is C21H24N2O3S. The Labute approximate surface area is 162 Å². The lowest BCUT2D eigenvalue weighted by Crippen LogP contribution is -2.37. The number of amides is 1. The lowest BCUT2D eigenvalue weighted by atomic mass is 9.79. The standard InChI is InChI=1S/C21H24N2O3S/c1-10-4-5-11(2)15(8-10)18-12(3)27-21(22-18)23-19(24)16-13-6-7-14(9-13)17(16)20(25)26/h4-5,8,13-14,16-17H,6-7,9H2,1-3H3,(H,25,26)(H,22,23,24)/t13-,14+,16+,17+/m1/s1. The van der Waals surface area contributed by atoms with Crippen LogP contribution in [0.15, 0.2) is 18.2 Å². The van der Waals surface area contributed by atoms with Crippen LogP contribution in [-0.2, 0) is 9.59 Å². The van der Waals surface area contributed by atoms with Crippen LogP contribution in [0, 0.1) is 44.4 Å². The maximum atomic E-state index is 12.9. The average Bonchev–Trinajstić information content (AvgIpc) is 3.31. The highest BCUT2D eigenvalue weighted by Crippen LogP contribution is 2.52. The van der Waals surface area contributed by atoms with Crippen LogP contribution in [0.1, 0.15) is 35.3 Å². The zero-order chi connectivity index (χ0) is 19.3. The number of benzene rings is 1. The Bertz CT molecular complexity index is 920. The van der Waals surface area contributed by atoms with Crippen molar-refractivity contribution >= 4 is 28.3 Å². The van der Waals surface area contributed by atoms with E-state index in [-0.39, 0.29) is 17.7 Å². The molecular weight excluding hydrogens is 360 g/mol. The van der Waals surface area contributed by atoms with Crippen molar-refractivity contribution in [2.75, 3.05) is 5.32 Å². The number of hydrogen-bond acceptors (Lipinski definition) is 4. The SMILES string of the molecule is Cc1ccc(C)c(-c2nc(NC(=O)[C@H]3[C@@H]4CC[C@@H](C4)[C@@H]3C(=O)O)sc2C)c1. The molecule has 2 N–H and O–H groups in total. The van der Waals surface area contributed by atoms with Gasteiger partial charge in [-0.05, 0) is 63.5 Å². The Balaban J connectivity index is 1.58. The maximum absolute atomic E-state index is 12.9. The molecule has 0 unspecified atom stereocenters. The van der Waals surface area contributed by atoms with Gasteiger partial charge in [0.2, 0.25) is 5.91 Å². The number of nitrogens with zero attached hydrogens (tertiary/aromatic N) is 1. The molecule has 6 heteroatoms. The fourth-order valence-corrected chi connectivity index (χ4v) is 5.73. The van der Waals surface area contributed by atoms with E-state index in [1.165, 1.54) is 16.9 Å². The lowest BCUT2D eigenvalue weighted by molar-refractivity contribution is -0.148. The van der Waals surface area contributed by atoms with Gasteiger partial charge in [-0.25, -0.2) is 4.98 Å². The number of rotatable bonds is 4. The van der Waals surface area contributed by atoms with Crippen LogP contribution in [0.3, 0.4) is 0 Å². The number of carboxylic acid groups (broad SMARTS) is 1. The number of aromatic nitrogens is 1. The Kier molecular flexibility index (Phi) is 4.54. The highest BCUT2D eigenvalue weighted by molar-refractivity contribution is 7.16. The van der Waals surface area contributed by atoms with Gasteiger partial charge in [-0.1, -0.05) is 17.7 Å². The molecule has 2 aromatic rings. The van der Waals surface area contributed by atoms with Crippen LogP contribution in [-0.4, -0.2) is 22.0 Å². The quantitative estimate of drug-likeness (QED) is 0.818. The van der Waals surface area contributed by atoms with Crippen LogP contribution in [0.5, 0.6) is 0 Å². The average molecular weight is 385 g/mol. The molecule has 2 saturated carbocycles. The number of aliphatic carboxylic acids is 1. The van der Waals surface area contributed by atoms with E-state index < -0.39 is 17.8 Å². The van der Waals surface area contributed by atoms with Crippen molar-refractivity contribution < 1.29 is 14.7 Å². The van der Waals surface area contributed by atoms with Crippen molar-refractivity contribution in [3.05, 3.63) is 34.2 Å². The number of thiazole rings is 1. The predicted molar refractivity (Wildman–Crippen MR) is 106 cm³/mol. The molecule has 0 radical (unpaired) electrons. The van der Waals surface area contributed by atoms with Gasteiger partial charge in [0.05, 0.1) is 17.5 Å². The summed E-state index contributed by atoms with van der Waals surface area (Å²) in [6, 6.07) is 6.26. The molecule has 27 heavy (non-hydrogen) atoms. The molecule has 1 aromatic heterocycles. The van der Waals surface area contributed by atoms with Crippen molar-refractivity contribution in [1.82, 2.24) is 4.98 Å². The molecule has 5 nitrogen and oxygen atoms in total. The minimum absolute atomic E-state index is 0.145. The van der Waals surface area contributed by atoms with Gasteiger partial charge >= 0.3 is 5.97 Å². The molecule has 142 valence electrons. The largest absolute Gasteiger partial charge is 0.481 e. The summed E-state index contributed by atoms with van der Waals surface area (Å²) in [6.45, 7) is 6.11. The van der Waals surface area contributed by atoms with E-state index in [0.717, 1.165) is 41.0 Å². The first-order chi connectivity index (χ1) is 12.8. The van der Waals surface area contributed by atoms with Gasteiger partial charge in [0.25, 0.3) is 0 Å². The number of fused-ring (bicyclic) bond motifs is 2. The topological polar surface area (TPSA) is 79.3 Å². The summed E-state index contributed by atoms with van der Waals surface area (Å²) < 4.78 is 0. The number of aryl methyl sites for hydroxylation is 3. The summed E-state index contributed by atoms with van der Waals surface area (Å²) in [5.41, 5.74) is 4.28. The lowest BCUT2D eigenvalue weighted by Gasteiger charge is -2.26. The van der Waals surface area contributed by atoms with Crippen LogP contribution in [0.25, 0.3) is 11.3 Å². The van der Waals surface area contributed by atoms with Gasteiger partial charge in [-0.15, -0.1) is 11.3 Å². The molecule has 2 bridgehead atoms. The molecule has 2 aliphatic carbocycles. The van der Waals surface area contributed by atoms with Crippen molar-refractivity contribution in [1.29, 1.82) is 0 Å². The third-order valence-corrected chi connectivity index (χ3v) is 7.07. The van der Waals surface area contributed by atoms with E-state index in [1.807, 2.05) is 6.92 Å². The molecule has 2 aliphatic rings. The third kappa shape index (κ3) is 3.16. The molecule has 1 aromatic carbocycles. The van der Waals surface area contributed by atoms with Crippen LogP contribution >= 0.6 is 11.3 Å². The second-order valence-electron chi connectivity index (χ2n) is 7.95. The van der Waals surface area contributed by atoms with Gasteiger partial charge < -0.3 is 10.4 Å². The Hall–Kier alpha value is -2.21. The van der Waals surface area contributed by atoms with Gasteiger partial charge in [-0.3, -0.25) is 9.59 Å². The second-order valence-corrected chi connectivity index (χ2v) is 9.16. The fraction of sp³-hybridized carbons (Fsp3) is 0.476. The minimum Gasteiger partial charge on any atom is -0.481 e. The van der Waals surface area contributed by atoms with Crippen molar-refractivity contribution in [2.45, 2.75) is 40.0 Å². The molecule has 0 saturated heterocycles. The number of nitrogens with one attached hydrogen (secondary N) is 1. The maximum Gasteiger partial charge on any atom is 0.307 e. The first-order valence-electron chi connectivity index (χ1n) is 9.44. The molecule has 0 spiro atoms. The first-order valence-corrected chi connectivity index (χ1v) is 10.3. The van der Waals surface area contributed by atoms with Crippen molar-refractivity contribution in [2.24, 2.45) is 23.7 Å². The van der Waals surface area contributed by atoms with E-state index in [0.29, 0.717) is 5.13 Å². The number of anilines is 1. The monoisotopic (exact) mass is 384 g/mol. The van der Waals surface area contributed by atoms with Crippen LogP contribution in [0.2, 0.25) is 0 Å². The first kappa shape index (κ1) is 18.2. The summed E-state index contributed by atoms with van der Waals surface area (Å²) in [5.74, 6) is -1.68. The second kappa shape index (κ2) is 6.75. The Morgan fingerprint density at radius 2 is 1.85 bits per heavy atom. The zero-order valence-corrected chi connectivity index (χ0v) is 16.6.